The van der Waals surface area contributed by atoms with Gasteiger partial charge in [-0.05, 0) is 53.1 Å². The van der Waals surface area contributed by atoms with E-state index >= 15 is 0 Å². The Morgan fingerprint density at radius 3 is 1.95 bits per heavy atom. The Bertz CT molecular complexity index is 2080. The lowest BCUT2D eigenvalue weighted by Crippen LogP contribution is -1.98. The Morgan fingerprint density at radius 2 is 1.30 bits per heavy atom. The van der Waals surface area contributed by atoms with Crippen molar-refractivity contribution < 1.29 is 0 Å². The van der Waals surface area contributed by atoms with Gasteiger partial charge in [-0.1, -0.05) is 110 Å². The fourth-order valence-electron chi connectivity index (χ4n) is 5.49. The van der Waals surface area contributed by atoms with E-state index in [-0.39, 0.29) is 0 Å². The van der Waals surface area contributed by atoms with Gasteiger partial charge in [-0.25, -0.2) is 9.97 Å². The maximum Gasteiger partial charge on any atom is 0.160 e. The van der Waals surface area contributed by atoms with E-state index in [2.05, 4.69) is 126 Å². The predicted octanol–water partition coefficient (Wildman–Crippen LogP) is 9.73. The number of fused-ring (bicyclic) bond motifs is 3. The highest BCUT2D eigenvalue weighted by Gasteiger charge is 2.14. The van der Waals surface area contributed by atoms with Crippen LogP contribution in [0, 0.1) is 0 Å². The molecule has 0 radical (unpaired) electrons. The highest BCUT2D eigenvalue weighted by molar-refractivity contribution is 6.09. The van der Waals surface area contributed by atoms with Crippen molar-refractivity contribution >= 4 is 27.4 Å². The Labute approximate surface area is 250 Å². The van der Waals surface area contributed by atoms with Gasteiger partial charge in [0.05, 0.1) is 22.4 Å². The van der Waals surface area contributed by atoms with Crippen molar-refractivity contribution in [1.82, 2.24) is 19.5 Å². The third-order valence-electron chi connectivity index (χ3n) is 7.63. The molecule has 0 saturated carbocycles. The van der Waals surface area contributed by atoms with Gasteiger partial charge >= 0.3 is 0 Å². The molecule has 0 unspecified atom stereocenters. The summed E-state index contributed by atoms with van der Waals surface area (Å²) in [7, 11) is 0. The number of rotatable bonds is 7. The highest BCUT2D eigenvalue weighted by atomic mass is 15.0. The van der Waals surface area contributed by atoms with Crippen LogP contribution in [-0.2, 0) is 0 Å². The molecular weight excluding hydrogens is 524 g/mol. The van der Waals surface area contributed by atoms with E-state index in [1.165, 1.54) is 21.8 Å². The van der Waals surface area contributed by atoms with E-state index < -0.39 is 0 Å². The minimum absolute atomic E-state index is 0.643. The quantitative estimate of drug-likeness (QED) is 0.185. The van der Waals surface area contributed by atoms with Crippen LogP contribution in [-0.4, -0.2) is 19.5 Å². The molecular formula is C39H28N4. The number of allylic oxidation sites excluding steroid dienone is 4. The number of benzene rings is 4. The zero-order valence-electron chi connectivity index (χ0n) is 23.6. The summed E-state index contributed by atoms with van der Waals surface area (Å²) in [6, 6.07) is 39.9. The molecule has 0 aliphatic rings. The molecule has 204 valence electrons. The SMILES string of the molecule is C=C/C=C\C(=C)c1cc(-c2ccc(-n3c4ccccc4c4ccccc43)cc2)nc(-c2ccc(-c3cccnc3)cc2)n1. The van der Waals surface area contributed by atoms with Gasteiger partial charge in [0.15, 0.2) is 5.82 Å². The summed E-state index contributed by atoms with van der Waals surface area (Å²) in [5.74, 6) is 0.643. The zero-order chi connectivity index (χ0) is 29.2. The van der Waals surface area contributed by atoms with E-state index in [0.29, 0.717) is 5.82 Å². The van der Waals surface area contributed by atoms with Gasteiger partial charge in [0.2, 0.25) is 0 Å². The highest BCUT2D eigenvalue weighted by Crippen LogP contribution is 2.33. The molecule has 0 N–H and O–H groups in total. The van der Waals surface area contributed by atoms with Crippen molar-refractivity contribution in [3.8, 4) is 39.5 Å². The van der Waals surface area contributed by atoms with Gasteiger partial charge in [-0.15, -0.1) is 0 Å². The number of hydrogen-bond donors (Lipinski definition) is 0. The molecule has 0 spiro atoms. The summed E-state index contributed by atoms with van der Waals surface area (Å²) in [5.41, 5.74) is 9.94. The van der Waals surface area contributed by atoms with Crippen LogP contribution >= 0.6 is 0 Å². The van der Waals surface area contributed by atoms with E-state index in [0.717, 1.165) is 44.9 Å². The monoisotopic (exact) mass is 552 g/mol. The third kappa shape index (κ3) is 4.96. The first-order valence-corrected chi connectivity index (χ1v) is 14.2. The molecule has 3 aromatic heterocycles. The molecule has 0 saturated heterocycles. The van der Waals surface area contributed by atoms with Gasteiger partial charge in [0, 0.05) is 40.0 Å². The molecule has 4 nitrogen and oxygen atoms in total. The van der Waals surface area contributed by atoms with Crippen molar-refractivity contribution in [2.24, 2.45) is 0 Å². The first-order valence-electron chi connectivity index (χ1n) is 14.2. The lowest BCUT2D eigenvalue weighted by atomic mass is 10.0. The molecule has 4 aromatic carbocycles. The number of para-hydroxylation sites is 2. The summed E-state index contributed by atoms with van der Waals surface area (Å²) in [5, 5.41) is 2.49. The molecule has 3 heterocycles. The van der Waals surface area contributed by atoms with Crippen molar-refractivity contribution in [1.29, 1.82) is 0 Å². The summed E-state index contributed by atoms with van der Waals surface area (Å²) in [6.45, 7) is 8.05. The minimum Gasteiger partial charge on any atom is -0.309 e. The van der Waals surface area contributed by atoms with Crippen molar-refractivity contribution in [2.45, 2.75) is 0 Å². The van der Waals surface area contributed by atoms with Gasteiger partial charge in [-0.2, -0.15) is 0 Å². The molecule has 7 aromatic rings. The van der Waals surface area contributed by atoms with E-state index in [4.69, 9.17) is 9.97 Å². The van der Waals surface area contributed by atoms with Crippen LogP contribution < -0.4 is 0 Å². The second kappa shape index (κ2) is 11.2. The Balaban J connectivity index is 1.30. The van der Waals surface area contributed by atoms with Gasteiger partial charge in [0.1, 0.15) is 0 Å². The summed E-state index contributed by atoms with van der Waals surface area (Å²) in [6.07, 6.45) is 9.16. The average Bonchev–Trinajstić information content (AvgIpc) is 3.42. The lowest BCUT2D eigenvalue weighted by molar-refractivity contribution is 1.15. The standard InChI is InChI=1S/C39H28N4/c1-3-4-10-27(2)35-25-36(42-39(41-35)30-18-16-28(17-19-30)31-11-9-24-40-26-31)29-20-22-32(23-21-29)43-37-14-7-5-12-33(37)34-13-6-8-15-38(34)43/h3-26H,1-2H2/b10-4-. The number of pyridine rings is 1. The van der Waals surface area contributed by atoms with Gasteiger partial charge < -0.3 is 4.57 Å². The lowest BCUT2D eigenvalue weighted by Gasteiger charge is -2.11. The molecule has 0 bridgehead atoms. The third-order valence-corrected chi connectivity index (χ3v) is 7.63. The van der Waals surface area contributed by atoms with E-state index in [1.54, 1.807) is 12.3 Å². The van der Waals surface area contributed by atoms with Crippen molar-refractivity contribution in [3.05, 3.63) is 165 Å². The summed E-state index contributed by atoms with van der Waals surface area (Å²) < 4.78 is 2.32. The molecule has 4 heteroatoms. The molecule has 0 aliphatic heterocycles. The fourth-order valence-corrected chi connectivity index (χ4v) is 5.49. The van der Waals surface area contributed by atoms with Crippen molar-refractivity contribution in [3.63, 3.8) is 0 Å². The van der Waals surface area contributed by atoms with Crippen LogP contribution in [0.25, 0.3) is 66.8 Å². The first kappa shape index (κ1) is 26.1. The Morgan fingerprint density at radius 1 is 0.651 bits per heavy atom. The average molecular weight is 553 g/mol. The topological polar surface area (TPSA) is 43.6 Å². The number of nitrogens with zero attached hydrogens (tertiary/aromatic N) is 4. The number of hydrogen-bond acceptors (Lipinski definition) is 3. The second-order valence-electron chi connectivity index (χ2n) is 10.3. The maximum atomic E-state index is 5.02. The molecule has 0 atom stereocenters. The van der Waals surface area contributed by atoms with Crippen LogP contribution in [0.2, 0.25) is 0 Å². The Hall–Kier alpha value is -5.87. The van der Waals surface area contributed by atoms with Crippen LogP contribution in [0.4, 0.5) is 0 Å². The molecule has 7 rings (SSSR count). The predicted molar refractivity (Wildman–Crippen MR) is 179 cm³/mol. The normalized spacial score (nSPS) is 11.3. The molecule has 0 amide bonds. The first-order chi connectivity index (χ1) is 21.2. The fraction of sp³-hybridized carbons (Fsp3) is 0. The number of aromatic nitrogens is 4. The summed E-state index contributed by atoms with van der Waals surface area (Å²) in [4.78, 5) is 14.2. The van der Waals surface area contributed by atoms with Crippen LogP contribution in [0.5, 0.6) is 0 Å². The van der Waals surface area contributed by atoms with Gasteiger partial charge in [0.25, 0.3) is 0 Å². The zero-order valence-corrected chi connectivity index (χ0v) is 23.6. The van der Waals surface area contributed by atoms with Crippen LogP contribution in [0.3, 0.4) is 0 Å². The smallest absolute Gasteiger partial charge is 0.160 e. The molecule has 0 aliphatic carbocycles. The molecule has 43 heavy (non-hydrogen) atoms. The second-order valence-corrected chi connectivity index (χ2v) is 10.3. The van der Waals surface area contributed by atoms with E-state index in [9.17, 15) is 0 Å². The van der Waals surface area contributed by atoms with Crippen LogP contribution in [0.1, 0.15) is 5.69 Å². The van der Waals surface area contributed by atoms with E-state index in [1.807, 2.05) is 30.5 Å². The van der Waals surface area contributed by atoms with Crippen LogP contribution in [0.15, 0.2) is 159 Å². The minimum atomic E-state index is 0.643. The Kier molecular flexibility index (Phi) is 6.78. The molecule has 0 fully saturated rings. The van der Waals surface area contributed by atoms with Crippen molar-refractivity contribution in [2.75, 3.05) is 0 Å². The summed E-state index contributed by atoms with van der Waals surface area (Å²) >= 11 is 0. The maximum absolute atomic E-state index is 5.02. The van der Waals surface area contributed by atoms with Gasteiger partial charge in [-0.3, -0.25) is 4.98 Å². The largest absolute Gasteiger partial charge is 0.309 e.